The Kier molecular flexibility index (Phi) is 7.76. The van der Waals surface area contributed by atoms with E-state index in [0.29, 0.717) is 23.9 Å². The molecular weight excluding hydrogens is 661 g/mol. The van der Waals surface area contributed by atoms with Gasteiger partial charge in [-0.15, -0.1) is 0 Å². The highest BCUT2D eigenvalue weighted by Crippen LogP contribution is 2.67. The zero-order chi connectivity index (χ0) is 35.3. The third-order valence-electron chi connectivity index (χ3n) is 13.9. The highest BCUT2D eigenvalue weighted by atomic mass is 32.2. The van der Waals surface area contributed by atoms with Crippen molar-refractivity contribution in [2.45, 2.75) is 108 Å². The summed E-state index contributed by atoms with van der Waals surface area (Å²) in [5, 5.41) is 0.358. The van der Waals surface area contributed by atoms with Gasteiger partial charge in [0.2, 0.25) is 15.9 Å². The summed E-state index contributed by atoms with van der Waals surface area (Å²) in [6.07, 6.45) is 12.6. The second kappa shape index (κ2) is 11.8. The van der Waals surface area contributed by atoms with E-state index < -0.39 is 26.6 Å². The Hall–Kier alpha value is -3.37. The number of carbonyl (C=O) groups is 2. The number of hydrogen-bond donors (Lipinski definition) is 1. The van der Waals surface area contributed by atoms with E-state index in [9.17, 15) is 18.0 Å². The third-order valence-corrected chi connectivity index (χ3v) is 15.6. The fourth-order valence-electron chi connectivity index (χ4n) is 10.5. The number of carbonyl (C=O) groups excluding carboxylic acids is 2. The second-order valence-electron chi connectivity index (χ2n) is 17.3. The lowest BCUT2D eigenvalue weighted by Gasteiger charge is -2.48. The van der Waals surface area contributed by atoms with Crippen molar-refractivity contribution in [1.82, 2.24) is 19.1 Å². The standard InChI is InChI=1S/C41H52N4O5S/c1-27(2)51(48,49)42-37(46)30-11-16-33-34(21-30)45(36(29-9-14-32(50-3)15-10-29)35(33)28-7-5-4-6-8-28)22-39(17-18-39)38(47)44-25-40-19-20-41(40,26-44)24-43(23-40)31-12-13-31/h9-11,14-16,21,27-28,31H,4-8,12-13,17-20,22-26H2,1-3H3,(H,42,46). The van der Waals surface area contributed by atoms with Crippen LogP contribution in [0.25, 0.3) is 22.2 Å². The molecule has 2 aromatic carbocycles. The van der Waals surface area contributed by atoms with Crippen molar-refractivity contribution in [2.24, 2.45) is 16.2 Å². The van der Waals surface area contributed by atoms with E-state index >= 15 is 0 Å². The van der Waals surface area contributed by atoms with Gasteiger partial charge in [-0.1, -0.05) is 25.3 Å². The van der Waals surface area contributed by atoms with Gasteiger partial charge in [0.25, 0.3) is 5.91 Å². The van der Waals surface area contributed by atoms with E-state index in [1.54, 1.807) is 27.0 Å². The number of amides is 2. The molecule has 3 aromatic rings. The fraction of sp³-hybridized carbons (Fsp3) is 0.610. The number of nitrogens with zero attached hydrogens (tertiary/aromatic N) is 3. The number of methoxy groups -OCH3 is 1. The predicted molar refractivity (Wildman–Crippen MR) is 198 cm³/mol. The summed E-state index contributed by atoms with van der Waals surface area (Å²) in [7, 11) is -2.13. The number of ether oxygens (including phenoxy) is 1. The summed E-state index contributed by atoms with van der Waals surface area (Å²) < 4.78 is 35.6. The van der Waals surface area contributed by atoms with Gasteiger partial charge in [0.1, 0.15) is 5.75 Å². The van der Waals surface area contributed by atoms with Gasteiger partial charge in [0.15, 0.2) is 0 Å². The maximum absolute atomic E-state index is 14.8. The Balaban J connectivity index is 1.13. The van der Waals surface area contributed by atoms with Crippen molar-refractivity contribution >= 4 is 32.7 Å². The minimum Gasteiger partial charge on any atom is -0.497 e. The average Bonchev–Trinajstić information content (AvgIpc) is 4.04. The zero-order valence-electron chi connectivity index (χ0n) is 30.4. The van der Waals surface area contributed by atoms with Crippen LogP contribution in [0.1, 0.15) is 106 Å². The Morgan fingerprint density at radius 3 is 2.12 bits per heavy atom. The molecule has 2 amide bonds. The van der Waals surface area contributed by atoms with Crippen molar-refractivity contribution < 1.29 is 22.7 Å². The maximum Gasteiger partial charge on any atom is 0.264 e. The quantitative estimate of drug-likeness (QED) is 0.251. The van der Waals surface area contributed by atoms with Crippen LogP contribution in [0.2, 0.25) is 0 Å². The van der Waals surface area contributed by atoms with Gasteiger partial charge in [-0.3, -0.25) is 14.5 Å². The molecule has 3 heterocycles. The number of likely N-dealkylation sites (tertiary alicyclic amines) is 2. The summed E-state index contributed by atoms with van der Waals surface area (Å²) in [6, 6.07) is 14.6. The summed E-state index contributed by atoms with van der Waals surface area (Å²) in [5.74, 6) is 0.813. The van der Waals surface area contributed by atoms with Crippen LogP contribution in [0.5, 0.6) is 5.75 Å². The number of hydrogen-bond acceptors (Lipinski definition) is 6. The minimum absolute atomic E-state index is 0.266. The topological polar surface area (TPSA) is 101 Å². The number of rotatable bonds is 10. The monoisotopic (exact) mass is 712 g/mol. The van der Waals surface area contributed by atoms with E-state index in [4.69, 9.17) is 4.74 Å². The van der Waals surface area contributed by atoms with Gasteiger partial charge >= 0.3 is 0 Å². The maximum atomic E-state index is 14.8. The molecule has 4 aliphatic carbocycles. The van der Waals surface area contributed by atoms with Crippen molar-refractivity contribution in [2.75, 3.05) is 33.3 Å². The predicted octanol–water partition coefficient (Wildman–Crippen LogP) is 6.70. The van der Waals surface area contributed by atoms with Crippen molar-refractivity contribution in [3.8, 4) is 17.0 Å². The first-order valence-corrected chi connectivity index (χ1v) is 20.9. The lowest BCUT2D eigenvalue weighted by molar-refractivity contribution is -0.137. The number of sulfonamides is 1. The lowest BCUT2D eigenvalue weighted by Crippen LogP contribution is -2.49. The van der Waals surface area contributed by atoms with Crippen LogP contribution in [0.4, 0.5) is 0 Å². The average molecular weight is 713 g/mol. The molecule has 9 nitrogen and oxygen atoms in total. The van der Waals surface area contributed by atoms with E-state index in [0.717, 1.165) is 85.8 Å². The summed E-state index contributed by atoms with van der Waals surface area (Å²) >= 11 is 0. The molecular formula is C41H52N4O5S. The largest absolute Gasteiger partial charge is 0.497 e. The van der Waals surface area contributed by atoms with Crippen LogP contribution >= 0.6 is 0 Å². The van der Waals surface area contributed by atoms with Crippen LogP contribution in [0, 0.1) is 16.2 Å². The molecule has 2 atom stereocenters. The van der Waals surface area contributed by atoms with E-state index in [1.807, 2.05) is 24.3 Å². The van der Waals surface area contributed by atoms with Crippen molar-refractivity contribution in [3.05, 3.63) is 53.6 Å². The van der Waals surface area contributed by atoms with Gasteiger partial charge in [0.05, 0.1) is 23.5 Å². The third kappa shape index (κ3) is 5.36. The van der Waals surface area contributed by atoms with E-state index in [-0.39, 0.29) is 10.8 Å². The molecule has 1 N–H and O–H groups in total. The number of fused-ring (bicyclic) bond motifs is 1. The minimum atomic E-state index is -3.81. The van der Waals surface area contributed by atoms with Gasteiger partial charge in [-0.2, -0.15) is 0 Å². The first-order chi connectivity index (χ1) is 24.5. The molecule has 6 aliphatic rings. The fourth-order valence-corrected chi connectivity index (χ4v) is 11.1. The molecule has 2 saturated heterocycles. The molecule has 9 rings (SSSR count). The highest BCUT2D eigenvalue weighted by Gasteiger charge is 2.71. The lowest BCUT2D eigenvalue weighted by atomic mass is 9.53. The van der Waals surface area contributed by atoms with E-state index in [1.165, 1.54) is 50.5 Å². The molecule has 0 radical (unpaired) electrons. The summed E-state index contributed by atoms with van der Waals surface area (Å²) in [5.41, 5.74) is 4.71. The van der Waals surface area contributed by atoms with Gasteiger partial charge in [-0.05, 0) is 119 Å². The smallest absolute Gasteiger partial charge is 0.264 e. The number of nitrogens with one attached hydrogen (secondary N) is 1. The molecule has 0 spiro atoms. The Labute approximate surface area is 302 Å². The molecule has 272 valence electrons. The van der Waals surface area contributed by atoms with Crippen LogP contribution < -0.4 is 9.46 Å². The Morgan fingerprint density at radius 1 is 0.882 bits per heavy atom. The highest BCUT2D eigenvalue weighted by molar-refractivity contribution is 7.90. The molecule has 4 saturated carbocycles. The van der Waals surface area contributed by atoms with Crippen LogP contribution in [0.15, 0.2) is 42.5 Å². The number of aromatic nitrogens is 1. The Morgan fingerprint density at radius 2 is 1.55 bits per heavy atom. The summed E-state index contributed by atoms with van der Waals surface area (Å²) in [6.45, 7) is 7.74. The first kappa shape index (κ1) is 33.5. The Bertz CT molecular complexity index is 1980. The van der Waals surface area contributed by atoms with Crippen LogP contribution in [0.3, 0.4) is 0 Å². The van der Waals surface area contributed by atoms with Gasteiger partial charge in [-0.25, -0.2) is 13.1 Å². The molecule has 6 fully saturated rings. The molecule has 1 aromatic heterocycles. The number of benzene rings is 2. The second-order valence-corrected chi connectivity index (χ2v) is 19.5. The van der Waals surface area contributed by atoms with Crippen LogP contribution in [-0.2, 0) is 21.4 Å². The van der Waals surface area contributed by atoms with Crippen molar-refractivity contribution in [3.63, 3.8) is 0 Å². The SMILES string of the molecule is COc1ccc(-c2c(C3CCCCC3)c3ccc(C(=O)NS(=O)(=O)C(C)C)cc3n2CC2(C(=O)N3CC45CCC4(C3)CN(C3CC3)C5)CC2)cc1. The van der Waals surface area contributed by atoms with E-state index in [2.05, 4.69) is 31.2 Å². The molecule has 2 aliphatic heterocycles. The van der Waals surface area contributed by atoms with Gasteiger partial charge < -0.3 is 14.2 Å². The molecule has 2 unspecified atom stereocenters. The normalized spacial score (nSPS) is 27.3. The molecule has 51 heavy (non-hydrogen) atoms. The zero-order valence-corrected chi connectivity index (χ0v) is 31.2. The molecule has 0 bridgehead atoms. The van der Waals surface area contributed by atoms with Crippen LogP contribution in [-0.4, -0.2) is 79.2 Å². The first-order valence-electron chi connectivity index (χ1n) is 19.4. The summed E-state index contributed by atoms with van der Waals surface area (Å²) in [4.78, 5) is 33.3. The van der Waals surface area contributed by atoms with Gasteiger partial charge in [0, 0.05) is 66.1 Å². The van der Waals surface area contributed by atoms with Crippen molar-refractivity contribution in [1.29, 1.82) is 0 Å². The molecule has 10 heteroatoms.